The molecule has 0 saturated carbocycles. The van der Waals surface area contributed by atoms with Crippen molar-refractivity contribution in [1.29, 1.82) is 0 Å². The quantitative estimate of drug-likeness (QED) is 0.599. The van der Waals surface area contributed by atoms with Crippen LogP contribution in [0, 0.1) is 0 Å². The van der Waals surface area contributed by atoms with Crippen molar-refractivity contribution in [2.24, 2.45) is 0 Å². The van der Waals surface area contributed by atoms with Gasteiger partial charge in [-0.05, 0) is 22.8 Å². The van der Waals surface area contributed by atoms with Gasteiger partial charge >= 0.3 is 0 Å². The zero-order valence-corrected chi connectivity index (χ0v) is 7.90. The number of hydrogen-bond acceptors (Lipinski definition) is 2. The molecule has 0 radical (unpaired) electrons. The fraction of sp³-hybridized carbons (Fsp3) is 0.0769. The highest BCUT2D eigenvalue weighted by atomic mass is 16.6. The van der Waals surface area contributed by atoms with E-state index in [2.05, 4.69) is 18.2 Å². The minimum atomic E-state index is -0.724. The molecule has 0 spiro atoms. The standard InChI is InChI=1S/C13H8O2/c14-13-10-6-5-9-7-3-1-2-4-8(7)11(9)12(10)15-13/h1-6,13-14H. The van der Waals surface area contributed by atoms with Gasteiger partial charge in [-0.2, -0.15) is 0 Å². The number of aliphatic hydroxyl groups is 1. The van der Waals surface area contributed by atoms with Crippen LogP contribution < -0.4 is 4.74 Å². The molecule has 0 fully saturated rings. The van der Waals surface area contributed by atoms with Crippen LogP contribution in [0.5, 0.6) is 5.75 Å². The highest BCUT2D eigenvalue weighted by molar-refractivity contribution is 6.06. The van der Waals surface area contributed by atoms with Gasteiger partial charge in [-0.25, -0.2) is 0 Å². The summed E-state index contributed by atoms with van der Waals surface area (Å²) in [4.78, 5) is 0. The van der Waals surface area contributed by atoms with Gasteiger partial charge in [0.05, 0.1) is 5.56 Å². The van der Waals surface area contributed by atoms with E-state index in [9.17, 15) is 5.11 Å². The van der Waals surface area contributed by atoms with Gasteiger partial charge < -0.3 is 9.84 Å². The summed E-state index contributed by atoms with van der Waals surface area (Å²) in [5.41, 5.74) is 5.81. The average molecular weight is 196 g/mol. The first-order chi connectivity index (χ1) is 7.36. The molecule has 0 bridgehead atoms. The summed E-state index contributed by atoms with van der Waals surface area (Å²) < 4.78 is 5.26. The largest absolute Gasteiger partial charge is 0.459 e. The molecule has 2 aliphatic rings. The third-order valence-electron chi connectivity index (χ3n) is 3.17. The Bertz CT molecular complexity index is 587. The molecular formula is C13H8O2. The molecule has 1 heterocycles. The van der Waals surface area contributed by atoms with Gasteiger partial charge in [0.25, 0.3) is 0 Å². The summed E-state index contributed by atoms with van der Waals surface area (Å²) in [5.74, 6) is 0.860. The fourth-order valence-corrected chi connectivity index (χ4v) is 2.40. The summed E-state index contributed by atoms with van der Waals surface area (Å²) >= 11 is 0. The number of rotatable bonds is 0. The Labute approximate surface area is 86.7 Å². The van der Waals surface area contributed by atoms with Gasteiger partial charge in [-0.3, -0.25) is 0 Å². The molecular weight excluding hydrogens is 188 g/mol. The second-order valence-corrected chi connectivity index (χ2v) is 3.92. The summed E-state index contributed by atoms with van der Waals surface area (Å²) in [6.07, 6.45) is -0.724. The lowest BCUT2D eigenvalue weighted by atomic mass is 9.78. The van der Waals surface area contributed by atoms with E-state index in [1.54, 1.807) is 0 Å². The van der Waals surface area contributed by atoms with Crippen molar-refractivity contribution in [2.45, 2.75) is 6.29 Å². The summed E-state index contributed by atoms with van der Waals surface area (Å²) in [7, 11) is 0. The van der Waals surface area contributed by atoms with E-state index in [0.29, 0.717) is 0 Å². The second-order valence-electron chi connectivity index (χ2n) is 3.92. The van der Waals surface area contributed by atoms with Crippen molar-refractivity contribution in [3.63, 3.8) is 0 Å². The van der Waals surface area contributed by atoms with Crippen LogP contribution in [-0.2, 0) is 0 Å². The maximum Gasteiger partial charge on any atom is 0.227 e. The maximum absolute atomic E-state index is 9.37. The number of fused-ring (bicyclic) bond motifs is 6. The molecule has 1 aliphatic heterocycles. The number of benzene rings is 2. The highest BCUT2D eigenvalue weighted by Crippen LogP contribution is 2.57. The van der Waals surface area contributed by atoms with Gasteiger partial charge in [0.2, 0.25) is 6.29 Å². The van der Waals surface area contributed by atoms with Gasteiger partial charge in [-0.15, -0.1) is 0 Å². The fourth-order valence-electron chi connectivity index (χ4n) is 2.40. The van der Waals surface area contributed by atoms with Crippen LogP contribution in [0.2, 0.25) is 0 Å². The molecule has 0 amide bonds. The molecule has 1 unspecified atom stereocenters. The first-order valence-corrected chi connectivity index (χ1v) is 4.97. The normalized spacial score (nSPS) is 18.9. The molecule has 2 aromatic rings. The molecule has 2 nitrogen and oxygen atoms in total. The van der Waals surface area contributed by atoms with Crippen LogP contribution in [-0.4, -0.2) is 5.11 Å². The topological polar surface area (TPSA) is 29.5 Å². The van der Waals surface area contributed by atoms with Gasteiger partial charge in [0.1, 0.15) is 5.75 Å². The molecule has 15 heavy (non-hydrogen) atoms. The van der Waals surface area contributed by atoms with E-state index in [4.69, 9.17) is 4.74 Å². The molecule has 0 saturated heterocycles. The van der Waals surface area contributed by atoms with Crippen LogP contribution in [0.15, 0.2) is 36.4 Å². The van der Waals surface area contributed by atoms with Crippen molar-refractivity contribution < 1.29 is 9.84 Å². The lowest BCUT2D eigenvalue weighted by molar-refractivity contribution is -0.0582. The van der Waals surface area contributed by atoms with Crippen LogP contribution >= 0.6 is 0 Å². The second kappa shape index (κ2) is 2.23. The summed E-state index contributed by atoms with van der Waals surface area (Å²) in [5, 5.41) is 9.37. The Kier molecular flexibility index (Phi) is 1.11. The SMILES string of the molecule is OC1Oc2c1ccc1c2-c2ccccc2-1. The Balaban J connectivity index is 2.02. The van der Waals surface area contributed by atoms with E-state index in [-0.39, 0.29) is 0 Å². The first kappa shape index (κ1) is 7.49. The van der Waals surface area contributed by atoms with E-state index >= 15 is 0 Å². The predicted molar refractivity (Wildman–Crippen MR) is 56.5 cm³/mol. The molecule has 1 atom stereocenters. The highest BCUT2D eigenvalue weighted by Gasteiger charge is 2.35. The van der Waals surface area contributed by atoms with E-state index in [1.807, 2.05) is 18.2 Å². The van der Waals surface area contributed by atoms with Crippen LogP contribution in [0.25, 0.3) is 22.3 Å². The number of ether oxygens (including phenoxy) is 1. The van der Waals surface area contributed by atoms with Gasteiger partial charge in [-0.1, -0.05) is 30.3 Å². The van der Waals surface area contributed by atoms with Crippen LogP contribution in [0.4, 0.5) is 0 Å². The Morgan fingerprint density at radius 1 is 0.933 bits per heavy atom. The number of hydrogen-bond donors (Lipinski definition) is 1. The molecule has 2 heteroatoms. The molecule has 2 aromatic carbocycles. The minimum Gasteiger partial charge on any atom is -0.459 e. The third kappa shape index (κ3) is 0.713. The Morgan fingerprint density at radius 2 is 1.73 bits per heavy atom. The Morgan fingerprint density at radius 3 is 2.53 bits per heavy atom. The zero-order valence-electron chi connectivity index (χ0n) is 7.90. The average Bonchev–Trinajstić information content (AvgIpc) is 2.24. The smallest absolute Gasteiger partial charge is 0.227 e. The zero-order chi connectivity index (χ0) is 9.99. The van der Waals surface area contributed by atoms with Crippen molar-refractivity contribution in [3.8, 4) is 28.0 Å². The number of aliphatic hydroxyl groups excluding tert-OH is 1. The van der Waals surface area contributed by atoms with Crippen LogP contribution in [0.3, 0.4) is 0 Å². The van der Waals surface area contributed by atoms with Crippen LogP contribution in [0.1, 0.15) is 11.9 Å². The van der Waals surface area contributed by atoms with Crippen molar-refractivity contribution in [1.82, 2.24) is 0 Å². The lowest BCUT2D eigenvalue weighted by Gasteiger charge is -2.35. The van der Waals surface area contributed by atoms with Crippen molar-refractivity contribution in [3.05, 3.63) is 42.0 Å². The van der Waals surface area contributed by atoms with Crippen molar-refractivity contribution in [2.75, 3.05) is 0 Å². The van der Waals surface area contributed by atoms with E-state index < -0.39 is 6.29 Å². The molecule has 0 aromatic heterocycles. The van der Waals surface area contributed by atoms with Crippen molar-refractivity contribution >= 4 is 0 Å². The predicted octanol–water partition coefficient (Wildman–Crippen LogP) is 2.72. The van der Waals surface area contributed by atoms with E-state index in [1.165, 1.54) is 16.7 Å². The molecule has 72 valence electrons. The molecule has 4 rings (SSSR count). The molecule has 1 N–H and O–H groups in total. The van der Waals surface area contributed by atoms with E-state index in [0.717, 1.165) is 16.9 Å². The molecule has 1 aliphatic carbocycles. The minimum absolute atomic E-state index is 0.724. The van der Waals surface area contributed by atoms with Gasteiger partial charge in [0, 0.05) is 5.56 Å². The summed E-state index contributed by atoms with van der Waals surface area (Å²) in [6.45, 7) is 0. The summed E-state index contributed by atoms with van der Waals surface area (Å²) in [6, 6.07) is 12.3. The lowest BCUT2D eigenvalue weighted by Crippen LogP contribution is -2.21. The monoisotopic (exact) mass is 196 g/mol. The van der Waals surface area contributed by atoms with Gasteiger partial charge in [0.15, 0.2) is 0 Å². The Hall–Kier alpha value is -1.80. The first-order valence-electron chi connectivity index (χ1n) is 4.97. The third-order valence-corrected chi connectivity index (χ3v) is 3.17. The maximum atomic E-state index is 9.37.